The molecule has 3 rings (SSSR count). The molecule has 0 aliphatic rings. The van der Waals surface area contributed by atoms with Crippen molar-refractivity contribution in [1.82, 2.24) is 0 Å². The molecule has 0 saturated carbocycles. The van der Waals surface area contributed by atoms with Crippen molar-refractivity contribution >= 4 is 87.6 Å². The smallest absolute Gasteiger partial charge is 0.343 e. The van der Waals surface area contributed by atoms with Gasteiger partial charge in [-0.3, -0.25) is 0 Å². The van der Waals surface area contributed by atoms with Crippen LogP contribution in [0.3, 0.4) is 0 Å². The minimum atomic E-state index is -1.29. The van der Waals surface area contributed by atoms with Gasteiger partial charge in [-0.15, -0.1) is 0 Å². The number of aromatic carboxylic acids is 2. The summed E-state index contributed by atoms with van der Waals surface area (Å²) in [5.74, 6) is -4.63. The minimum Gasteiger partial charge on any atom is -0.478 e. The monoisotopic (exact) mass is 718 g/mol. The van der Waals surface area contributed by atoms with Crippen LogP contribution in [0.2, 0.25) is 0 Å². The second-order valence-corrected chi connectivity index (χ2v) is 10.0. The predicted octanol–water partition coefficient (Wildman–Crippen LogP) is 6.57. The number of carboxylic acids is 2. The van der Waals surface area contributed by atoms with Crippen molar-refractivity contribution in [3.8, 4) is 11.5 Å². The molecule has 0 spiro atoms. The average molecular weight is 722 g/mol. The minimum absolute atomic E-state index is 0.0405. The Bertz CT molecular complexity index is 1230. The van der Waals surface area contributed by atoms with Gasteiger partial charge in [0.15, 0.2) is 11.5 Å². The van der Waals surface area contributed by atoms with Crippen LogP contribution in [0, 0.1) is 0 Å². The van der Waals surface area contributed by atoms with Crippen molar-refractivity contribution in [3.63, 3.8) is 0 Å². The zero-order chi connectivity index (χ0) is 25.2. The molecule has 0 heterocycles. The molecule has 0 bridgehead atoms. The van der Waals surface area contributed by atoms with Crippen molar-refractivity contribution in [3.05, 3.63) is 88.7 Å². The first-order valence-corrected chi connectivity index (χ1v) is 12.1. The van der Waals surface area contributed by atoms with Gasteiger partial charge < -0.3 is 19.7 Å². The lowest BCUT2D eigenvalue weighted by Gasteiger charge is -2.12. The van der Waals surface area contributed by atoms with E-state index in [0.717, 1.165) is 0 Å². The number of halogens is 4. The molecule has 3 aromatic carbocycles. The lowest BCUT2D eigenvalue weighted by atomic mass is 10.1. The Morgan fingerprint density at radius 2 is 0.912 bits per heavy atom. The number of esters is 2. The van der Waals surface area contributed by atoms with Gasteiger partial charge >= 0.3 is 23.9 Å². The topological polar surface area (TPSA) is 127 Å². The standard InChI is InChI=1S/C22H10Br4O8/c23-11-5-13(19(27)28)17(15(25)7-11)33-21(31)9-1-2-10(4-3-9)22(32)34-18-14(20(29)30)6-12(24)8-16(18)26/h1-8H,(H,27,28)(H,29,30). The van der Waals surface area contributed by atoms with E-state index in [-0.39, 0.29) is 42.7 Å². The summed E-state index contributed by atoms with van der Waals surface area (Å²) in [6.45, 7) is 0. The first kappa shape index (κ1) is 26.1. The third kappa shape index (κ3) is 5.93. The van der Waals surface area contributed by atoms with E-state index >= 15 is 0 Å². The first-order chi connectivity index (χ1) is 16.0. The van der Waals surface area contributed by atoms with Crippen LogP contribution >= 0.6 is 63.7 Å². The quantitative estimate of drug-likeness (QED) is 0.216. The summed E-state index contributed by atoms with van der Waals surface area (Å²) >= 11 is 12.7. The summed E-state index contributed by atoms with van der Waals surface area (Å²) in [7, 11) is 0. The molecule has 0 unspecified atom stereocenters. The fourth-order valence-electron chi connectivity index (χ4n) is 2.69. The summed E-state index contributed by atoms with van der Waals surface area (Å²) in [4.78, 5) is 48.1. The van der Waals surface area contributed by atoms with Crippen LogP contribution in [0.15, 0.2) is 66.4 Å². The van der Waals surface area contributed by atoms with Gasteiger partial charge in [0.05, 0.1) is 20.1 Å². The first-order valence-electron chi connectivity index (χ1n) is 8.97. The highest BCUT2D eigenvalue weighted by atomic mass is 79.9. The molecule has 0 amide bonds. The number of carbonyl (C=O) groups is 4. The molecule has 8 nitrogen and oxygen atoms in total. The van der Waals surface area contributed by atoms with Gasteiger partial charge in [0.1, 0.15) is 11.1 Å². The third-order valence-electron chi connectivity index (χ3n) is 4.22. The molecule has 0 radical (unpaired) electrons. The van der Waals surface area contributed by atoms with Gasteiger partial charge in [-0.1, -0.05) is 31.9 Å². The largest absolute Gasteiger partial charge is 0.478 e. The van der Waals surface area contributed by atoms with Crippen LogP contribution in [-0.2, 0) is 0 Å². The maximum Gasteiger partial charge on any atom is 0.343 e. The van der Waals surface area contributed by atoms with Crippen LogP contribution in [0.25, 0.3) is 0 Å². The third-order valence-corrected chi connectivity index (χ3v) is 6.32. The Kier molecular flexibility index (Phi) is 8.29. The van der Waals surface area contributed by atoms with E-state index in [1.54, 1.807) is 0 Å². The van der Waals surface area contributed by atoms with E-state index in [1.165, 1.54) is 48.5 Å². The van der Waals surface area contributed by atoms with E-state index in [2.05, 4.69) is 63.7 Å². The van der Waals surface area contributed by atoms with Gasteiger partial charge in [0.2, 0.25) is 0 Å². The normalized spacial score (nSPS) is 10.5. The van der Waals surface area contributed by atoms with Gasteiger partial charge in [0, 0.05) is 8.95 Å². The van der Waals surface area contributed by atoms with Crippen LogP contribution in [0.4, 0.5) is 0 Å². The molecule has 34 heavy (non-hydrogen) atoms. The Balaban J connectivity index is 1.82. The van der Waals surface area contributed by atoms with Crippen molar-refractivity contribution in [2.45, 2.75) is 0 Å². The van der Waals surface area contributed by atoms with E-state index in [0.29, 0.717) is 8.95 Å². The molecule has 0 fully saturated rings. The maximum absolute atomic E-state index is 12.6. The van der Waals surface area contributed by atoms with Gasteiger partial charge in [-0.2, -0.15) is 0 Å². The van der Waals surface area contributed by atoms with Gasteiger partial charge in [-0.25, -0.2) is 19.2 Å². The number of carboxylic acid groups (broad SMARTS) is 2. The predicted molar refractivity (Wildman–Crippen MR) is 134 cm³/mol. The summed E-state index contributed by atoms with van der Waals surface area (Å²) < 4.78 is 12.0. The molecular formula is C22H10Br4O8. The molecule has 0 saturated heterocycles. The second-order valence-electron chi connectivity index (χ2n) is 6.50. The summed E-state index contributed by atoms with van der Waals surface area (Å²) in [5, 5.41) is 18.8. The van der Waals surface area contributed by atoms with Gasteiger partial charge in [0.25, 0.3) is 0 Å². The van der Waals surface area contributed by atoms with Crippen LogP contribution in [0.5, 0.6) is 11.5 Å². The molecule has 12 heteroatoms. The second kappa shape index (κ2) is 10.8. The van der Waals surface area contributed by atoms with E-state index < -0.39 is 23.9 Å². The molecule has 0 aromatic heterocycles. The maximum atomic E-state index is 12.6. The summed E-state index contributed by atoms with van der Waals surface area (Å²) in [5.41, 5.74) is -0.384. The average Bonchev–Trinajstić information content (AvgIpc) is 2.76. The fourth-order valence-corrected chi connectivity index (χ4v) is 5.30. The Labute approximate surface area is 225 Å². The number of hydrogen-bond acceptors (Lipinski definition) is 6. The molecule has 0 atom stereocenters. The van der Waals surface area contributed by atoms with Crippen molar-refractivity contribution in [2.24, 2.45) is 0 Å². The van der Waals surface area contributed by atoms with E-state index in [9.17, 15) is 29.4 Å². The van der Waals surface area contributed by atoms with Crippen LogP contribution in [-0.4, -0.2) is 34.1 Å². The molecule has 2 N–H and O–H groups in total. The fraction of sp³-hybridized carbons (Fsp3) is 0. The number of ether oxygens (including phenoxy) is 2. The molecule has 0 aliphatic carbocycles. The van der Waals surface area contributed by atoms with E-state index in [1.807, 2.05) is 0 Å². The van der Waals surface area contributed by atoms with Crippen LogP contribution < -0.4 is 9.47 Å². The molecule has 3 aromatic rings. The zero-order valence-corrected chi connectivity index (χ0v) is 22.8. The SMILES string of the molecule is O=C(Oc1c(Br)cc(Br)cc1C(=O)O)c1ccc(C(=O)Oc2c(Br)cc(Br)cc2C(=O)O)cc1. The highest BCUT2D eigenvalue weighted by Gasteiger charge is 2.22. The van der Waals surface area contributed by atoms with E-state index in [4.69, 9.17) is 9.47 Å². The van der Waals surface area contributed by atoms with Crippen molar-refractivity contribution in [2.75, 3.05) is 0 Å². The van der Waals surface area contributed by atoms with Crippen molar-refractivity contribution in [1.29, 1.82) is 0 Å². The Morgan fingerprint density at radius 1 is 0.588 bits per heavy atom. The number of carbonyl (C=O) groups excluding carboxylic acids is 2. The number of benzene rings is 3. The number of hydrogen-bond donors (Lipinski definition) is 2. The van der Waals surface area contributed by atoms with Crippen molar-refractivity contribution < 1.29 is 38.9 Å². The van der Waals surface area contributed by atoms with Crippen LogP contribution in [0.1, 0.15) is 41.4 Å². The highest BCUT2D eigenvalue weighted by molar-refractivity contribution is 9.11. The molecular weight excluding hydrogens is 712 g/mol. The molecule has 174 valence electrons. The summed E-state index contributed by atoms with van der Waals surface area (Å²) in [6, 6.07) is 10.8. The van der Waals surface area contributed by atoms with Gasteiger partial charge in [-0.05, 0) is 80.4 Å². The Hall–Kier alpha value is -2.54. The highest BCUT2D eigenvalue weighted by Crippen LogP contribution is 2.35. The summed E-state index contributed by atoms with van der Waals surface area (Å²) in [6.07, 6.45) is 0. The molecule has 0 aliphatic heterocycles. The Morgan fingerprint density at radius 3 is 1.21 bits per heavy atom. The zero-order valence-electron chi connectivity index (χ0n) is 16.5. The number of rotatable bonds is 6. The lowest BCUT2D eigenvalue weighted by Crippen LogP contribution is -2.14. The lowest BCUT2D eigenvalue weighted by molar-refractivity contribution is 0.0660.